The lowest BCUT2D eigenvalue weighted by Gasteiger charge is -2.44. The fourth-order valence-electron chi connectivity index (χ4n) is 4.13. The number of nitrogens with one attached hydrogen (secondary N) is 2. The topological polar surface area (TPSA) is 60.2 Å². The summed E-state index contributed by atoms with van der Waals surface area (Å²) < 4.78 is 0. The molecule has 2 aliphatic rings. The number of hydrogen-bond donors (Lipinski definition) is 2. The van der Waals surface area contributed by atoms with Gasteiger partial charge in [-0.3, -0.25) is 4.99 Å². The maximum atomic E-state index is 9.46. The Labute approximate surface area is 155 Å². The Kier molecular flexibility index (Phi) is 4.38. The molecule has 1 fully saturated rings. The highest BCUT2D eigenvalue weighted by Gasteiger charge is 2.41. The number of fused-ring (bicyclic) bond motifs is 1. The highest BCUT2D eigenvalue weighted by atomic mass is 15.2. The van der Waals surface area contributed by atoms with Crippen molar-refractivity contribution in [1.82, 2.24) is 0 Å². The first-order valence-corrected chi connectivity index (χ1v) is 9.39. The van der Waals surface area contributed by atoms with Crippen molar-refractivity contribution in [3.05, 3.63) is 59.2 Å². The standard InChI is InChI=1S/C22H24N4/c1-16-7-5-8-17(13-16)15-24-21-22(11-3-2-4-12-22)26-19-10-6-9-18(14-23)20(19)25-21/h5-10,13,26H,2-4,11-12,15H2,1H3,(H,24,25). The zero-order valence-corrected chi connectivity index (χ0v) is 15.2. The molecule has 26 heavy (non-hydrogen) atoms. The van der Waals surface area contributed by atoms with E-state index in [9.17, 15) is 5.26 Å². The molecule has 132 valence electrons. The van der Waals surface area contributed by atoms with Gasteiger partial charge in [0, 0.05) is 0 Å². The first kappa shape index (κ1) is 16.7. The van der Waals surface area contributed by atoms with Gasteiger partial charge in [-0.1, -0.05) is 55.2 Å². The van der Waals surface area contributed by atoms with Gasteiger partial charge in [0.25, 0.3) is 0 Å². The fourth-order valence-corrected chi connectivity index (χ4v) is 4.13. The smallest absolute Gasteiger partial charge is 0.127 e. The van der Waals surface area contributed by atoms with E-state index in [1.165, 1.54) is 30.4 Å². The van der Waals surface area contributed by atoms with E-state index in [1.54, 1.807) is 0 Å². The van der Waals surface area contributed by atoms with E-state index in [0.717, 1.165) is 30.1 Å². The molecule has 0 saturated heterocycles. The number of benzene rings is 2. The van der Waals surface area contributed by atoms with Crippen molar-refractivity contribution in [2.24, 2.45) is 4.99 Å². The van der Waals surface area contributed by atoms with Crippen molar-refractivity contribution in [3.63, 3.8) is 0 Å². The summed E-state index contributed by atoms with van der Waals surface area (Å²) in [5, 5.41) is 16.7. The lowest BCUT2D eigenvalue weighted by atomic mass is 9.79. The Morgan fingerprint density at radius 1 is 1.12 bits per heavy atom. The minimum atomic E-state index is -0.136. The van der Waals surface area contributed by atoms with Gasteiger partial charge < -0.3 is 10.6 Å². The van der Waals surface area contributed by atoms with E-state index in [2.05, 4.69) is 54.0 Å². The van der Waals surface area contributed by atoms with Gasteiger partial charge >= 0.3 is 0 Å². The maximum Gasteiger partial charge on any atom is 0.127 e. The molecule has 0 radical (unpaired) electrons. The second-order valence-electron chi connectivity index (χ2n) is 7.39. The molecule has 0 aromatic heterocycles. The largest absolute Gasteiger partial charge is 0.371 e. The lowest BCUT2D eigenvalue weighted by molar-refractivity contribution is 0.403. The summed E-state index contributed by atoms with van der Waals surface area (Å²) in [6, 6.07) is 16.6. The summed E-state index contributed by atoms with van der Waals surface area (Å²) >= 11 is 0. The monoisotopic (exact) mass is 344 g/mol. The highest BCUT2D eigenvalue weighted by Crippen LogP contribution is 2.40. The van der Waals surface area contributed by atoms with Gasteiger partial charge in [0.1, 0.15) is 11.9 Å². The molecule has 0 bridgehead atoms. The number of aliphatic imine (C=N–C) groups is 1. The summed E-state index contributed by atoms with van der Waals surface area (Å²) in [6.07, 6.45) is 5.82. The van der Waals surface area contributed by atoms with Crippen LogP contribution in [-0.4, -0.2) is 11.4 Å². The van der Waals surface area contributed by atoms with Crippen molar-refractivity contribution in [1.29, 1.82) is 5.26 Å². The molecular weight excluding hydrogens is 320 g/mol. The van der Waals surface area contributed by atoms with E-state index < -0.39 is 0 Å². The third kappa shape index (κ3) is 3.06. The third-order valence-corrected chi connectivity index (χ3v) is 5.46. The van der Waals surface area contributed by atoms with Gasteiger partial charge in [-0.15, -0.1) is 0 Å². The van der Waals surface area contributed by atoms with Crippen molar-refractivity contribution in [2.45, 2.75) is 51.1 Å². The lowest BCUT2D eigenvalue weighted by Crippen LogP contribution is -2.54. The second kappa shape index (κ2) is 6.84. The third-order valence-electron chi connectivity index (χ3n) is 5.46. The number of nitrogens with zero attached hydrogens (tertiary/aromatic N) is 2. The van der Waals surface area contributed by atoms with Gasteiger partial charge in [0.2, 0.25) is 0 Å². The maximum absolute atomic E-state index is 9.46. The minimum absolute atomic E-state index is 0.136. The Bertz CT molecular complexity index is 885. The van der Waals surface area contributed by atoms with Crippen LogP contribution in [0.4, 0.5) is 11.4 Å². The summed E-state index contributed by atoms with van der Waals surface area (Å²) in [7, 11) is 0. The Morgan fingerprint density at radius 3 is 2.69 bits per heavy atom. The number of para-hydroxylation sites is 1. The zero-order valence-electron chi connectivity index (χ0n) is 15.2. The number of amidine groups is 1. The van der Waals surface area contributed by atoms with Crippen LogP contribution in [0, 0.1) is 18.3 Å². The molecule has 1 aliphatic carbocycles. The van der Waals surface area contributed by atoms with Crippen LogP contribution in [0.2, 0.25) is 0 Å². The Morgan fingerprint density at radius 2 is 1.92 bits per heavy atom. The molecule has 0 atom stereocenters. The van der Waals surface area contributed by atoms with E-state index in [1.807, 2.05) is 12.1 Å². The molecule has 4 rings (SSSR count). The van der Waals surface area contributed by atoms with E-state index in [0.29, 0.717) is 12.1 Å². The normalized spacial score (nSPS) is 19.3. The van der Waals surface area contributed by atoms with Gasteiger partial charge in [-0.2, -0.15) is 5.26 Å². The predicted molar refractivity (Wildman–Crippen MR) is 107 cm³/mol. The molecule has 1 aliphatic heterocycles. The van der Waals surface area contributed by atoms with Crippen LogP contribution >= 0.6 is 0 Å². The quantitative estimate of drug-likeness (QED) is 0.805. The Hall–Kier alpha value is -2.80. The molecule has 4 heteroatoms. The van der Waals surface area contributed by atoms with Gasteiger partial charge in [-0.25, -0.2) is 0 Å². The molecule has 2 aromatic carbocycles. The van der Waals surface area contributed by atoms with Gasteiger partial charge in [0.05, 0.1) is 29.0 Å². The van der Waals surface area contributed by atoms with Crippen LogP contribution in [0.1, 0.15) is 48.8 Å². The molecule has 1 spiro atoms. The number of rotatable bonds is 2. The molecular formula is C22H24N4. The van der Waals surface area contributed by atoms with Crippen LogP contribution in [-0.2, 0) is 6.54 Å². The number of anilines is 2. The van der Waals surface area contributed by atoms with Crippen molar-refractivity contribution in [2.75, 3.05) is 10.6 Å². The van der Waals surface area contributed by atoms with Gasteiger partial charge in [0.15, 0.2) is 0 Å². The zero-order chi connectivity index (χ0) is 18.0. The van der Waals surface area contributed by atoms with Crippen molar-refractivity contribution in [3.8, 4) is 6.07 Å². The first-order valence-electron chi connectivity index (χ1n) is 9.39. The minimum Gasteiger partial charge on any atom is -0.371 e. The number of nitriles is 1. The van der Waals surface area contributed by atoms with E-state index in [-0.39, 0.29) is 5.54 Å². The summed E-state index contributed by atoms with van der Waals surface area (Å²) in [6.45, 7) is 2.76. The average molecular weight is 344 g/mol. The van der Waals surface area contributed by atoms with Crippen molar-refractivity contribution >= 4 is 17.2 Å². The number of hydrogen-bond acceptors (Lipinski definition) is 3. The fraction of sp³-hybridized carbons (Fsp3) is 0.364. The van der Waals surface area contributed by atoms with E-state index in [4.69, 9.17) is 4.99 Å². The Balaban J connectivity index is 1.72. The summed E-state index contributed by atoms with van der Waals surface area (Å²) in [5.41, 5.74) is 4.86. The second-order valence-corrected chi connectivity index (χ2v) is 7.39. The molecule has 0 amide bonds. The molecule has 2 N–H and O–H groups in total. The predicted octanol–water partition coefficient (Wildman–Crippen LogP) is 5.01. The SMILES string of the molecule is Cc1cccc(CN=C2Nc3c(C#N)cccc3NC23CCCCC3)c1. The van der Waals surface area contributed by atoms with Crippen molar-refractivity contribution < 1.29 is 0 Å². The van der Waals surface area contributed by atoms with Crippen LogP contribution in [0.15, 0.2) is 47.5 Å². The van der Waals surface area contributed by atoms with E-state index >= 15 is 0 Å². The van der Waals surface area contributed by atoms with Crippen LogP contribution in [0.5, 0.6) is 0 Å². The summed E-state index contributed by atoms with van der Waals surface area (Å²) in [5.74, 6) is 0.980. The van der Waals surface area contributed by atoms with Gasteiger partial charge in [-0.05, 0) is 37.5 Å². The average Bonchev–Trinajstić information content (AvgIpc) is 2.66. The first-order chi connectivity index (χ1) is 12.7. The number of aryl methyl sites for hydroxylation is 1. The molecule has 1 saturated carbocycles. The highest BCUT2D eigenvalue weighted by molar-refractivity contribution is 6.10. The molecule has 0 unspecified atom stereocenters. The molecule has 4 nitrogen and oxygen atoms in total. The van der Waals surface area contributed by atoms with Crippen LogP contribution in [0.3, 0.4) is 0 Å². The summed E-state index contributed by atoms with van der Waals surface area (Å²) in [4.78, 5) is 4.98. The van der Waals surface area contributed by atoms with Crippen LogP contribution < -0.4 is 10.6 Å². The van der Waals surface area contributed by atoms with Crippen LogP contribution in [0.25, 0.3) is 0 Å². The molecule has 2 aromatic rings. The molecule has 1 heterocycles.